The van der Waals surface area contributed by atoms with E-state index in [9.17, 15) is 0 Å². The van der Waals surface area contributed by atoms with Gasteiger partial charge in [0.1, 0.15) is 0 Å². The summed E-state index contributed by atoms with van der Waals surface area (Å²) in [4.78, 5) is 11.8. The van der Waals surface area contributed by atoms with Gasteiger partial charge in [-0.1, -0.05) is 11.6 Å². The van der Waals surface area contributed by atoms with Gasteiger partial charge >= 0.3 is 0 Å². The topological polar surface area (TPSA) is 48.1 Å². The summed E-state index contributed by atoms with van der Waals surface area (Å²) >= 11 is 7.94. The largest absolute Gasteiger partial charge is 0.370 e. The number of likely N-dealkylation sites (tertiary alicyclic amines) is 1. The van der Waals surface area contributed by atoms with E-state index in [0.29, 0.717) is 5.96 Å². The Hall–Kier alpha value is -0.380. The number of aliphatic imine (C=N–C) groups is 1. The van der Waals surface area contributed by atoms with Crippen LogP contribution < -0.4 is 10.6 Å². The number of hydrogen-bond acceptors (Lipinski definition) is 4. The quantitative estimate of drug-likeness (QED) is 0.373. The van der Waals surface area contributed by atoms with Crippen molar-refractivity contribution < 1.29 is 0 Å². The Morgan fingerprint density at radius 2 is 1.70 bits per heavy atom. The first-order valence-electron chi connectivity index (χ1n) is 9.30. The summed E-state index contributed by atoms with van der Waals surface area (Å²) in [6.45, 7) is 6.85. The van der Waals surface area contributed by atoms with Crippen molar-refractivity contribution in [1.29, 1.82) is 0 Å². The van der Waals surface area contributed by atoms with E-state index in [2.05, 4.69) is 40.1 Å². The number of benzene rings is 1. The highest BCUT2D eigenvalue weighted by atomic mass is 127. The molecule has 8 heteroatoms. The summed E-state index contributed by atoms with van der Waals surface area (Å²) in [7, 11) is 2.20. The molecule has 0 amide bonds. The molecule has 152 valence electrons. The molecule has 2 N–H and O–H groups in total. The SMILES string of the molecule is CSC1(CN=C(N)N2CCN(c3ccc(Cl)cc3)CC2)CCN(C)CC1.I. The van der Waals surface area contributed by atoms with E-state index in [1.165, 1.54) is 18.5 Å². The number of hydrogen-bond donors (Lipinski definition) is 1. The second-order valence-electron chi connectivity index (χ2n) is 7.32. The average molecular weight is 524 g/mol. The van der Waals surface area contributed by atoms with Gasteiger partial charge in [-0.25, -0.2) is 0 Å². The molecule has 2 fully saturated rings. The van der Waals surface area contributed by atoms with Gasteiger partial charge in [-0.05, 0) is 63.5 Å². The summed E-state index contributed by atoms with van der Waals surface area (Å²) in [5.74, 6) is 0.702. The Morgan fingerprint density at radius 3 is 2.26 bits per heavy atom. The third-order valence-electron chi connectivity index (χ3n) is 5.66. The Morgan fingerprint density at radius 1 is 1.11 bits per heavy atom. The zero-order valence-corrected chi connectivity index (χ0v) is 20.1. The minimum absolute atomic E-state index is 0. The van der Waals surface area contributed by atoms with Gasteiger partial charge in [0, 0.05) is 41.6 Å². The van der Waals surface area contributed by atoms with Crippen molar-refractivity contribution >= 4 is 59.0 Å². The number of nitrogens with zero attached hydrogens (tertiary/aromatic N) is 4. The van der Waals surface area contributed by atoms with Crippen LogP contribution in [0.15, 0.2) is 29.3 Å². The second-order valence-corrected chi connectivity index (χ2v) is 9.03. The summed E-state index contributed by atoms with van der Waals surface area (Å²) in [6.07, 6.45) is 4.58. The minimum Gasteiger partial charge on any atom is -0.370 e. The summed E-state index contributed by atoms with van der Waals surface area (Å²) in [5.41, 5.74) is 7.55. The Bertz CT molecular complexity index is 611. The van der Waals surface area contributed by atoms with Crippen LogP contribution in [0.2, 0.25) is 5.02 Å². The number of thioether (sulfide) groups is 1. The lowest BCUT2D eigenvalue weighted by atomic mass is 9.96. The molecule has 5 nitrogen and oxygen atoms in total. The lowest BCUT2D eigenvalue weighted by Crippen LogP contribution is -2.51. The monoisotopic (exact) mass is 523 g/mol. The van der Waals surface area contributed by atoms with Crippen molar-refractivity contribution in [1.82, 2.24) is 9.80 Å². The first-order chi connectivity index (χ1) is 12.5. The van der Waals surface area contributed by atoms with Crippen molar-refractivity contribution in [3.8, 4) is 0 Å². The van der Waals surface area contributed by atoms with Crippen molar-refractivity contribution in [3.05, 3.63) is 29.3 Å². The van der Waals surface area contributed by atoms with E-state index in [0.717, 1.165) is 50.8 Å². The van der Waals surface area contributed by atoms with Gasteiger partial charge in [-0.2, -0.15) is 11.8 Å². The molecule has 0 aliphatic carbocycles. The fraction of sp³-hybridized carbons (Fsp3) is 0.632. The average Bonchev–Trinajstić information content (AvgIpc) is 2.68. The smallest absolute Gasteiger partial charge is 0.191 e. The normalized spacial score (nSPS) is 21.1. The van der Waals surface area contributed by atoms with Crippen LogP contribution in [0.4, 0.5) is 5.69 Å². The van der Waals surface area contributed by atoms with Crippen LogP contribution >= 0.6 is 47.3 Å². The number of piperazine rings is 1. The van der Waals surface area contributed by atoms with Crippen molar-refractivity contribution in [2.45, 2.75) is 17.6 Å². The lowest BCUT2D eigenvalue weighted by Gasteiger charge is -2.39. The minimum atomic E-state index is 0. The molecular weight excluding hydrogens is 493 g/mol. The Balaban J connectivity index is 0.00000261. The molecule has 2 aliphatic heterocycles. The van der Waals surface area contributed by atoms with Gasteiger partial charge in [-0.15, -0.1) is 24.0 Å². The predicted octanol–water partition coefficient (Wildman–Crippen LogP) is 3.22. The molecule has 1 aromatic rings. The molecule has 2 heterocycles. The fourth-order valence-corrected chi connectivity index (χ4v) is 4.53. The maximum absolute atomic E-state index is 6.33. The van der Waals surface area contributed by atoms with Gasteiger partial charge in [0.25, 0.3) is 0 Å². The molecule has 27 heavy (non-hydrogen) atoms. The molecule has 2 saturated heterocycles. The van der Waals surface area contributed by atoms with Gasteiger partial charge in [0.2, 0.25) is 0 Å². The number of guanidine groups is 1. The first-order valence-corrected chi connectivity index (χ1v) is 10.9. The number of nitrogens with two attached hydrogens (primary N) is 1. The number of anilines is 1. The second kappa shape index (κ2) is 10.4. The van der Waals surface area contributed by atoms with Crippen molar-refractivity contribution in [3.63, 3.8) is 0 Å². The molecule has 0 unspecified atom stereocenters. The Labute approximate surface area is 189 Å². The van der Waals surface area contributed by atoms with Crippen molar-refractivity contribution in [2.24, 2.45) is 10.7 Å². The van der Waals surface area contributed by atoms with Crippen LogP contribution in [-0.4, -0.2) is 79.6 Å². The van der Waals surface area contributed by atoms with Crippen LogP contribution in [0, 0.1) is 0 Å². The van der Waals surface area contributed by atoms with Gasteiger partial charge in [0.05, 0.1) is 6.54 Å². The third-order valence-corrected chi connectivity index (χ3v) is 7.31. The number of halogens is 2. The van der Waals surface area contributed by atoms with Crippen LogP contribution in [0.5, 0.6) is 0 Å². The van der Waals surface area contributed by atoms with Crippen molar-refractivity contribution in [2.75, 3.05) is 64.0 Å². The highest BCUT2D eigenvalue weighted by molar-refractivity contribution is 14.0. The molecular formula is C19H31ClIN5S. The lowest BCUT2D eigenvalue weighted by molar-refractivity contribution is 0.242. The molecule has 1 aromatic carbocycles. The highest BCUT2D eigenvalue weighted by Gasteiger charge is 2.33. The third kappa shape index (κ3) is 6.05. The predicted molar refractivity (Wildman–Crippen MR) is 130 cm³/mol. The molecule has 0 bridgehead atoms. The maximum atomic E-state index is 6.33. The molecule has 0 atom stereocenters. The number of piperidine rings is 1. The molecule has 2 aliphatic rings. The molecule has 0 saturated carbocycles. The van der Waals surface area contributed by atoms with E-state index >= 15 is 0 Å². The summed E-state index contributed by atoms with van der Waals surface area (Å²) in [5, 5.41) is 0.778. The zero-order chi connectivity index (χ0) is 18.6. The fourth-order valence-electron chi connectivity index (χ4n) is 3.62. The van der Waals surface area contributed by atoms with Gasteiger partial charge in [0.15, 0.2) is 5.96 Å². The van der Waals surface area contributed by atoms with Crippen LogP contribution in [0.25, 0.3) is 0 Å². The highest BCUT2D eigenvalue weighted by Crippen LogP contribution is 2.34. The molecule has 0 aromatic heterocycles. The first kappa shape index (κ1) is 22.9. The summed E-state index contributed by atoms with van der Waals surface area (Å²) in [6, 6.07) is 8.06. The van der Waals surface area contributed by atoms with E-state index < -0.39 is 0 Å². The van der Waals surface area contributed by atoms with Gasteiger partial charge < -0.3 is 20.4 Å². The maximum Gasteiger partial charge on any atom is 0.191 e. The molecule has 0 spiro atoms. The zero-order valence-electron chi connectivity index (χ0n) is 16.2. The van der Waals surface area contributed by atoms with E-state index in [1.54, 1.807) is 0 Å². The van der Waals surface area contributed by atoms with Crippen LogP contribution in [-0.2, 0) is 0 Å². The standard InChI is InChI=1S/C19H30ClN5S.HI/c1-23-9-7-19(26-2,8-10-23)15-22-18(21)25-13-11-24(12-14-25)17-5-3-16(20)4-6-17;/h3-6H,7-15H2,1-2H3,(H2,21,22);1H. The van der Waals surface area contributed by atoms with Crippen LogP contribution in [0.1, 0.15) is 12.8 Å². The Kier molecular flexibility index (Phi) is 8.83. The molecule has 3 rings (SSSR count). The van der Waals surface area contributed by atoms with E-state index in [4.69, 9.17) is 22.3 Å². The van der Waals surface area contributed by atoms with Crippen LogP contribution in [0.3, 0.4) is 0 Å². The number of rotatable bonds is 4. The van der Waals surface area contributed by atoms with E-state index in [1.807, 2.05) is 23.9 Å². The van der Waals surface area contributed by atoms with Gasteiger partial charge in [-0.3, -0.25) is 4.99 Å². The van der Waals surface area contributed by atoms with E-state index in [-0.39, 0.29) is 28.7 Å². The summed E-state index contributed by atoms with van der Waals surface area (Å²) < 4.78 is 0.252. The molecule has 0 radical (unpaired) electrons.